The molecule has 1 atom stereocenters. The van der Waals surface area contributed by atoms with E-state index in [-0.39, 0.29) is 36.8 Å². The van der Waals surface area contributed by atoms with Crippen molar-refractivity contribution in [2.45, 2.75) is 25.4 Å². The predicted octanol–water partition coefficient (Wildman–Crippen LogP) is 0.595. The van der Waals surface area contributed by atoms with E-state index in [1.165, 1.54) is 0 Å². The minimum Gasteiger partial charge on any atom is -0.353 e. The minimum atomic E-state index is 0. The fraction of sp³-hybridized carbons (Fsp3) is 0.600. The topological polar surface area (TPSA) is 59.0 Å². The summed E-state index contributed by atoms with van der Waals surface area (Å²) < 4.78 is 1.95. The molecule has 1 amide bonds. The molecule has 1 saturated heterocycles. The fourth-order valence-electron chi connectivity index (χ4n) is 1.76. The Bertz CT molecular complexity index is 312. The van der Waals surface area contributed by atoms with Crippen LogP contribution in [-0.2, 0) is 11.3 Å². The summed E-state index contributed by atoms with van der Waals surface area (Å²) in [6.07, 6.45) is 7.43. The highest BCUT2D eigenvalue weighted by molar-refractivity contribution is 5.85. The quantitative estimate of drug-likeness (QED) is 0.849. The molecule has 0 spiro atoms. The van der Waals surface area contributed by atoms with Gasteiger partial charge >= 0.3 is 0 Å². The van der Waals surface area contributed by atoms with Crippen LogP contribution in [0.5, 0.6) is 0 Å². The second kappa shape index (κ2) is 8.33. The Kier molecular flexibility index (Phi) is 7.95. The van der Waals surface area contributed by atoms with Crippen molar-refractivity contribution >= 4 is 30.7 Å². The van der Waals surface area contributed by atoms with E-state index in [1.807, 2.05) is 10.8 Å². The number of amides is 1. The SMILES string of the molecule is Cl.Cl.O=C(NCCn1ccnc1)[C@@H]1CCCN1. The number of carbonyl (C=O) groups excluding carboxylic acids is 1. The molecule has 1 aliphatic rings. The van der Waals surface area contributed by atoms with Crippen molar-refractivity contribution in [2.24, 2.45) is 0 Å². The lowest BCUT2D eigenvalue weighted by Crippen LogP contribution is -2.41. The number of aromatic nitrogens is 2. The molecule has 0 radical (unpaired) electrons. The van der Waals surface area contributed by atoms with Crippen LogP contribution in [0.2, 0.25) is 0 Å². The monoisotopic (exact) mass is 280 g/mol. The first-order valence-corrected chi connectivity index (χ1v) is 5.33. The maximum atomic E-state index is 11.6. The zero-order valence-corrected chi connectivity index (χ0v) is 11.1. The van der Waals surface area contributed by atoms with Gasteiger partial charge in [0.2, 0.25) is 5.91 Å². The van der Waals surface area contributed by atoms with Gasteiger partial charge in [-0.25, -0.2) is 4.98 Å². The third-order valence-corrected chi connectivity index (χ3v) is 2.61. The van der Waals surface area contributed by atoms with Gasteiger partial charge in [-0.05, 0) is 19.4 Å². The number of nitrogens with one attached hydrogen (secondary N) is 2. The largest absolute Gasteiger partial charge is 0.353 e. The molecule has 0 aliphatic carbocycles. The molecule has 0 saturated carbocycles. The number of rotatable bonds is 4. The summed E-state index contributed by atoms with van der Waals surface area (Å²) >= 11 is 0. The Morgan fingerprint density at radius 2 is 2.35 bits per heavy atom. The van der Waals surface area contributed by atoms with Gasteiger partial charge in [-0.3, -0.25) is 4.79 Å². The van der Waals surface area contributed by atoms with E-state index in [0.717, 1.165) is 25.9 Å². The smallest absolute Gasteiger partial charge is 0.237 e. The van der Waals surface area contributed by atoms with Crippen LogP contribution in [-0.4, -0.2) is 34.6 Å². The van der Waals surface area contributed by atoms with Crippen molar-refractivity contribution < 1.29 is 4.79 Å². The van der Waals surface area contributed by atoms with Crippen molar-refractivity contribution in [3.8, 4) is 0 Å². The van der Waals surface area contributed by atoms with Gasteiger partial charge < -0.3 is 15.2 Å². The Morgan fingerprint density at radius 3 is 2.94 bits per heavy atom. The van der Waals surface area contributed by atoms with Crippen LogP contribution < -0.4 is 10.6 Å². The fourth-order valence-corrected chi connectivity index (χ4v) is 1.76. The van der Waals surface area contributed by atoms with Crippen molar-refractivity contribution in [1.82, 2.24) is 20.2 Å². The molecule has 1 aromatic rings. The highest BCUT2D eigenvalue weighted by Crippen LogP contribution is 2.04. The highest BCUT2D eigenvalue weighted by atomic mass is 35.5. The summed E-state index contributed by atoms with van der Waals surface area (Å²) in [5, 5.41) is 6.08. The van der Waals surface area contributed by atoms with Gasteiger partial charge in [0.25, 0.3) is 0 Å². The predicted molar refractivity (Wildman–Crippen MR) is 70.8 cm³/mol. The molecule has 0 aromatic carbocycles. The van der Waals surface area contributed by atoms with Crippen LogP contribution in [0.25, 0.3) is 0 Å². The normalized spacial score (nSPS) is 18.0. The Morgan fingerprint density at radius 1 is 1.53 bits per heavy atom. The molecular formula is C10H18Cl2N4O. The van der Waals surface area contributed by atoms with Gasteiger partial charge in [-0.2, -0.15) is 0 Å². The van der Waals surface area contributed by atoms with E-state index in [2.05, 4.69) is 15.6 Å². The highest BCUT2D eigenvalue weighted by Gasteiger charge is 2.20. The number of halogens is 2. The standard InChI is InChI=1S/C10H16N4O.2ClH/c15-10(9-2-1-3-12-9)13-5-7-14-6-4-11-8-14;;/h4,6,8-9,12H,1-3,5,7H2,(H,13,15);2*1H/t9-;;/m0../s1. The van der Waals surface area contributed by atoms with Gasteiger partial charge in [0, 0.05) is 25.5 Å². The van der Waals surface area contributed by atoms with Gasteiger partial charge in [-0.15, -0.1) is 24.8 Å². The molecule has 0 bridgehead atoms. The van der Waals surface area contributed by atoms with E-state index < -0.39 is 0 Å². The first-order chi connectivity index (χ1) is 7.36. The Balaban J connectivity index is 0.00000128. The summed E-state index contributed by atoms with van der Waals surface area (Å²) in [6.45, 7) is 2.39. The van der Waals surface area contributed by atoms with Gasteiger partial charge in [0.05, 0.1) is 12.4 Å². The minimum absolute atomic E-state index is 0. The van der Waals surface area contributed by atoms with Crippen LogP contribution in [0, 0.1) is 0 Å². The van der Waals surface area contributed by atoms with Crippen molar-refractivity contribution in [3.05, 3.63) is 18.7 Å². The Hall–Kier alpha value is -0.780. The molecule has 17 heavy (non-hydrogen) atoms. The van der Waals surface area contributed by atoms with E-state index in [0.29, 0.717) is 6.54 Å². The van der Waals surface area contributed by atoms with Gasteiger partial charge in [-0.1, -0.05) is 0 Å². The second-order valence-electron chi connectivity index (χ2n) is 3.74. The Labute approximate surface area is 113 Å². The lowest BCUT2D eigenvalue weighted by Gasteiger charge is -2.10. The molecular weight excluding hydrogens is 263 g/mol. The molecule has 1 fully saturated rings. The number of imidazole rings is 1. The van der Waals surface area contributed by atoms with Gasteiger partial charge in [0.1, 0.15) is 0 Å². The number of hydrogen-bond donors (Lipinski definition) is 2. The number of carbonyl (C=O) groups is 1. The molecule has 2 heterocycles. The van der Waals surface area contributed by atoms with Crippen LogP contribution >= 0.6 is 24.8 Å². The second-order valence-corrected chi connectivity index (χ2v) is 3.74. The van der Waals surface area contributed by atoms with E-state index >= 15 is 0 Å². The molecule has 1 aliphatic heterocycles. The molecule has 0 unspecified atom stereocenters. The zero-order valence-electron chi connectivity index (χ0n) is 9.46. The first-order valence-electron chi connectivity index (χ1n) is 5.33. The van der Waals surface area contributed by atoms with E-state index in [9.17, 15) is 4.79 Å². The third-order valence-electron chi connectivity index (χ3n) is 2.61. The summed E-state index contributed by atoms with van der Waals surface area (Å²) in [7, 11) is 0. The third kappa shape index (κ3) is 4.93. The summed E-state index contributed by atoms with van der Waals surface area (Å²) in [4.78, 5) is 15.5. The average Bonchev–Trinajstić information content (AvgIpc) is 2.90. The van der Waals surface area contributed by atoms with Crippen LogP contribution in [0.4, 0.5) is 0 Å². The molecule has 98 valence electrons. The van der Waals surface area contributed by atoms with Gasteiger partial charge in [0.15, 0.2) is 0 Å². The number of nitrogens with zero attached hydrogens (tertiary/aromatic N) is 2. The molecule has 2 N–H and O–H groups in total. The molecule has 2 rings (SSSR count). The summed E-state index contributed by atoms with van der Waals surface area (Å²) in [5.74, 6) is 0.118. The molecule has 5 nitrogen and oxygen atoms in total. The zero-order chi connectivity index (χ0) is 10.5. The van der Waals surface area contributed by atoms with E-state index in [1.54, 1.807) is 12.5 Å². The summed E-state index contributed by atoms with van der Waals surface area (Å²) in [6, 6.07) is 0.0211. The maximum absolute atomic E-state index is 11.6. The maximum Gasteiger partial charge on any atom is 0.237 e. The first kappa shape index (κ1) is 16.2. The lowest BCUT2D eigenvalue weighted by molar-refractivity contribution is -0.122. The van der Waals surface area contributed by atoms with Crippen molar-refractivity contribution in [2.75, 3.05) is 13.1 Å². The average molecular weight is 281 g/mol. The lowest BCUT2D eigenvalue weighted by atomic mass is 10.2. The molecule has 7 heteroatoms. The summed E-state index contributed by atoms with van der Waals surface area (Å²) in [5.41, 5.74) is 0. The van der Waals surface area contributed by atoms with E-state index in [4.69, 9.17) is 0 Å². The van der Waals surface area contributed by atoms with Crippen molar-refractivity contribution in [3.63, 3.8) is 0 Å². The van der Waals surface area contributed by atoms with Crippen molar-refractivity contribution in [1.29, 1.82) is 0 Å². The number of hydrogen-bond acceptors (Lipinski definition) is 3. The molecule has 1 aromatic heterocycles. The van der Waals surface area contributed by atoms with Crippen LogP contribution in [0.15, 0.2) is 18.7 Å². The van der Waals surface area contributed by atoms with Crippen LogP contribution in [0.3, 0.4) is 0 Å². The van der Waals surface area contributed by atoms with Crippen LogP contribution in [0.1, 0.15) is 12.8 Å².